The Labute approximate surface area is 131 Å². The molecule has 0 bridgehead atoms. The number of piperidine rings is 1. The van der Waals surface area contributed by atoms with Crippen molar-refractivity contribution in [2.45, 2.75) is 25.3 Å². The number of hydrogen-bond acceptors (Lipinski definition) is 4. The second kappa shape index (κ2) is 4.61. The summed E-state index contributed by atoms with van der Waals surface area (Å²) in [6.07, 6.45) is 1.35. The first kappa shape index (κ1) is 12.9. The predicted molar refractivity (Wildman–Crippen MR) is 83.9 cm³/mol. The van der Waals surface area contributed by atoms with Gasteiger partial charge in [0.2, 0.25) is 0 Å². The third kappa shape index (κ3) is 2.12. The molecular formula is C15H16BrN3S. The third-order valence-corrected chi connectivity index (χ3v) is 5.98. The second-order valence-corrected chi connectivity index (χ2v) is 8.38. The molecule has 1 aliphatic heterocycles. The maximum Gasteiger partial charge on any atom is 0.183 e. The van der Waals surface area contributed by atoms with Crippen LogP contribution in [0.1, 0.15) is 22.6 Å². The van der Waals surface area contributed by atoms with Gasteiger partial charge in [0.25, 0.3) is 0 Å². The molecule has 0 amide bonds. The molecule has 0 spiro atoms. The van der Waals surface area contributed by atoms with Gasteiger partial charge in [-0.05, 0) is 40.8 Å². The van der Waals surface area contributed by atoms with E-state index in [0.29, 0.717) is 5.41 Å². The number of likely N-dealkylation sites (tertiary alicyclic amines) is 1. The van der Waals surface area contributed by atoms with Crippen LogP contribution in [-0.4, -0.2) is 28.2 Å². The fourth-order valence-corrected chi connectivity index (χ4v) is 4.77. The molecule has 1 aromatic carbocycles. The maximum atomic E-state index is 4.21. The highest BCUT2D eigenvalue weighted by atomic mass is 79.9. The molecule has 2 heterocycles. The summed E-state index contributed by atoms with van der Waals surface area (Å²) in [6.45, 7) is 5.45. The summed E-state index contributed by atoms with van der Waals surface area (Å²) in [4.78, 5) is 2.53. The minimum absolute atomic E-state index is 0.426. The molecule has 1 aromatic heterocycles. The van der Waals surface area contributed by atoms with Gasteiger partial charge in [-0.1, -0.05) is 41.2 Å². The lowest BCUT2D eigenvalue weighted by atomic mass is 9.94. The van der Waals surface area contributed by atoms with E-state index in [-0.39, 0.29) is 0 Å². The van der Waals surface area contributed by atoms with Gasteiger partial charge in [0.1, 0.15) is 5.01 Å². The zero-order valence-electron chi connectivity index (χ0n) is 11.3. The molecular weight excluding hydrogens is 334 g/mol. The van der Waals surface area contributed by atoms with Crippen molar-refractivity contribution in [1.82, 2.24) is 15.1 Å². The van der Waals surface area contributed by atoms with E-state index in [9.17, 15) is 0 Å². The van der Waals surface area contributed by atoms with Gasteiger partial charge in [0.15, 0.2) is 3.92 Å². The Hall–Kier alpha value is -0.780. The van der Waals surface area contributed by atoms with Crippen molar-refractivity contribution in [2.75, 3.05) is 13.1 Å². The Balaban J connectivity index is 1.49. The van der Waals surface area contributed by atoms with Crippen molar-refractivity contribution in [3.63, 3.8) is 0 Å². The van der Waals surface area contributed by atoms with E-state index < -0.39 is 0 Å². The molecule has 0 radical (unpaired) electrons. The summed E-state index contributed by atoms with van der Waals surface area (Å²) >= 11 is 5.02. The van der Waals surface area contributed by atoms with E-state index in [2.05, 4.69) is 62.2 Å². The largest absolute Gasteiger partial charge is 0.295 e. The molecule has 1 aliphatic carbocycles. The summed E-state index contributed by atoms with van der Waals surface area (Å²) in [7, 11) is 0. The highest BCUT2D eigenvalue weighted by Gasteiger charge is 2.60. The zero-order chi connectivity index (χ0) is 13.7. The Kier molecular flexibility index (Phi) is 2.98. The standard InChI is InChI=1S/C15H16BrN3S/c1-10-2-4-11(5-3-10)15-6-12(15)7-19(9-15)8-13-17-18-14(16)20-13/h2-5,12H,6-9H2,1H3/t12-,15+/m0/s1. The topological polar surface area (TPSA) is 29.0 Å². The first-order chi connectivity index (χ1) is 9.65. The van der Waals surface area contributed by atoms with E-state index in [1.54, 1.807) is 11.3 Å². The van der Waals surface area contributed by atoms with Gasteiger partial charge in [-0.3, -0.25) is 4.90 Å². The minimum Gasteiger partial charge on any atom is -0.295 e. The maximum absolute atomic E-state index is 4.21. The molecule has 2 atom stereocenters. The Morgan fingerprint density at radius 2 is 2.15 bits per heavy atom. The highest BCUT2D eigenvalue weighted by molar-refractivity contribution is 9.11. The lowest BCUT2D eigenvalue weighted by molar-refractivity contribution is 0.289. The van der Waals surface area contributed by atoms with Crippen LogP contribution in [0.2, 0.25) is 0 Å². The predicted octanol–water partition coefficient (Wildman–Crippen LogP) is 3.38. The number of nitrogens with zero attached hydrogens (tertiary/aromatic N) is 3. The van der Waals surface area contributed by atoms with Gasteiger partial charge in [0.05, 0.1) is 6.54 Å². The van der Waals surface area contributed by atoms with Crippen molar-refractivity contribution in [1.29, 1.82) is 0 Å². The number of rotatable bonds is 3. The Bertz CT molecular complexity index is 639. The van der Waals surface area contributed by atoms with Gasteiger partial charge >= 0.3 is 0 Å². The lowest BCUT2D eigenvalue weighted by Gasteiger charge is -2.19. The number of aromatic nitrogens is 2. The van der Waals surface area contributed by atoms with Crippen LogP contribution in [0, 0.1) is 12.8 Å². The van der Waals surface area contributed by atoms with E-state index >= 15 is 0 Å². The van der Waals surface area contributed by atoms with Crippen LogP contribution in [0.25, 0.3) is 0 Å². The van der Waals surface area contributed by atoms with Crippen LogP contribution in [0.3, 0.4) is 0 Å². The molecule has 20 heavy (non-hydrogen) atoms. The summed E-state index contributed by atoms with van der Waals surface area (Å²) in [5, 5.41) is 9.35. The summed E-state index contributed by atoms with van der Waals surface area (Å²) < 4.78 is 0.880. The van der Waals surface area contributed by atoms with Crippen molar-refractivity contribution < 1.29 is 0 Å². The van der Waals surface area contributed by atoms with Crippen LogP contribution < -0.4 is 0 Å². The van der Waals surface area contributed by atoms with Gasteiger partial charge < -0.3 is 0 Å². The molecule has 104 valence electrons. The van der Waals surface area contributed by atoms with Crippen LogP contribution in [0.15, 0.2) is 28.2 Å². The normalized spacial score (nSPS) is 28.6. The van der Waals surface area contributed by atoms with Gasteiger partial charge in [-0.15, -0.1) is 10.2 Å². The Morgan fingerprint density at radius 3 is 2.85 bits per heavy atom. The monoisotopic (exact) mass is 349 g/mol. The molecule has 1 saturated carbocycles. The van der Waals surface area contributed by atoms with Crippen molar-refractivity contribution >= 4 is 27.3 Å². The Morgan fingerprint density at radius 1 is 1.35 bits per heavy atom. The minimum atomic E-state index is 0.426. The number of fused-ring (bicyclic) bond motifs is 1. The van der Waals surface area contributed by atoms with Crippen molar-refractivity contribution in [3.05, 3.63) is 44.3 Å². The summed E-state index contributed by atoms with van der Waals surface area (Å²) in [6, 6.07) is 9.12. The molecule has 0 unspecified atom stereocenters. The van der Waals surface area contributed by atoms with Gasteiger partial charge in [0, 0.05) is 18.5 Å². The van der Waals surface area contributed by atoms with Crippen molar-refractivity contribution in [2.24, 2.45) is 5.92 Å². The average molecular weight is 350 g/mol. The molecule has 3 nitrogen and oxygen atoms in total. The zero-order valence-corrected chi connectivity index (χ0v) is 13.7. The van der Waals surface area contributed by atoms with E-state index in [1.165, 1.54) is 24.1 Å². The molecule has 5 heteroatoms. The fraction of sp³-hybridized carbons (Fsp3) is 0.467. The van der Waals surface area contributed by atoms with Crippen molar-refractivity contribution in [3.8, 4) is 0 Å². The molecule has 1 saturated heterocycles. The van der Waals surface area contributed by atoms with E-state index in [1.807, 2.05) is 0 Å². The second-order valence-electron chi connectivity index (χ2n) is 6.04. The van der Waals surface area contributed by atoms with E-state index in [4.69, 9.17) is 0 Å². The molecule has 4 rings (SSSR count). The first-order valence-corrected chi connectivity index (χ1v) is 8.54. The number of aryl methyl sites for hydroxylation is 1. The van der Waals surface area contributed by atoms with Gasteiger partial charge in [-0.2, -0.15) is 0 Å². The fourth-order valence-electron chi connectivity index (χ4n) is 3.53. The molecule has 2 aromatic rings. The molecule has 2 fully saturated rings. The first-order valence-electron chi connectivity index (χ1n) is 6.93. The number of hydrogen-bond donors (Lipinski definition) is 0. The average Bonchev–Trinajstić information content (AvgIpc) is 2.78. The van der Waals surface area contributed by atoms with Gasteiger partial charge in [-0.25, -0.2) is 0 Å². The lowest BCUT2D eigenvalue weighted by Crippen LogP contribution is -2.26. The van der Waals surface area contributed by atoms with Crippen LogP contribution >= 0.6 is 27.3 Å². The summed E-state index contributed by atoms with van der Waals surface area (Å²) in [5.74, 6) is 0.835. The van der Waals surface area contributed by atoms with Crippen LogP contribution in [0.5, 0.6) is 0 Å². The van der Waals surface area contributed by atoms with Crippen LogP contribution in [-0.2, 0) is 12.0 Å². The quantitative estimate of drug-likeness (QED) is 0.850. The summed E-state index contributed by atoms with van der Waals surface area (Å²) in [5.41, 5.74) is 3.29. The number of halogens is 1. The third-order valence-electron chi connectivity index (χ3n) is 4.64. The van der Waals surface area contributed by atoms with E-state index in [0.717, 1.165) is 27.9 Å². The molecule has 0 N–H and O–H groups in total. The highest BCUT2D eigenvalue weighted by Crippen LogP contribution is 2.59. The SMILES string of the molecule is Cc1ccc([C@]23C[C@H]2CN(Cc2nnc(Br)s2)C3)cc1. The molecule has 2 aliphatic rings. The van der Waals surface area contributed by atoms with Crippen LogP contribution in [0.4, 0.5) is 0 Å². The smallest absolute Gasteiger partial charge is 0.183 e. The number of benzene rings is 1.